The summed E-state index contributed by atoms with van der Waals surface area (Å²) in [4.78, 5) is 12.8. The van der Waals surface area contributed by atoms with E-state index >= 15 is 0 Å². The van der Waals surface area contributed by atoms with Crippen molar-refractivity contribution in [1.82, 2.24) is 4.90 Å². The molecule has 0 aliphatic heterocycles. The second-order valence-electron chi connectivity index (χ2n) is 3.99. The number of carbonyl (C=O) groups is 1. The first-order chi connectivity index (χ1) is 5.57. The Balaban J connectivity index is 2.19. The topological polar surface area (TPSA) is 40.5 Å². The van der Waals surface area contributed by atoms with Gasteiger partial charge in [-0.05, 0) is 46.3 Å². The number of hydrogen-bond donors (Lipinski definition) is 1. The average Bonchev–Trinajstić information content (AvgIpc) is 2.68. The summed E-state index contributed by atoms with van der Waals surface area (Å²) in [6.45, 7) is 0.995. The fourth-order valence-electron chi connectivity index (χ4n) is 1.46. The lowest BCUT2D eigenvalue weighted by molar-refractivity contribution is -0.143. The van der Waals surface area contributed by atoms with Gasteiger partial charge in [0, 0.05) is 0 Å². The second-order valence-corrected chi connectivity index (χ2v) is 3.99. The fraction of sp³-hybridized carbons (Fsp3) is 0.889. The van der Waals surface area contributed by atoms with Crippen LogP contribution in [0.4, 0.5) is 0 Å². The van der Waals surface area contributed by atoms with Crippen molar-refractivity contribution in [3.8, 4) is 0 Å². The van der Waals surface area contributed by atoms with E-state index in [-0.39, 0.29) is 5.41 Å². The van der Waals surface area contributed by atoms with Gasteiger partial charge in [-0.15, -0.1) is 0 Å². The molecular weight excluding hydrogens is 154 g/mol. The van der Waals surface area contributed by atoms with Crippen molar-refractivity contribution in [1.29, 1.82) is 0 Å². The first-order valence-electron chi connectivity index (χ1n) is 4.45. The highest BCUT2D eigenvalue weighted by Crippen LogP contribution is 2.49. The second kappa shape index (κ2) is 3.44. The largest absolute Gasteiger partial charge is 0.481 e. The minimum absolute atomic E-state index is 0.323. The van der Waals surface area contributed by atoms with E-state index in [0.29, 0.717) is 0 Å². The number of hydrogen-bond acceptors (Lipinski definition) is 2. The molecule has 0 aromatic heterocycles. The van der Waals surface area contributed by atoms with E-state index in [2.05, 4.69) is 4.90 Å². The molecule has 1 rings (SSSR count). The molecule has 3 heteroatoms. The normalized spacial score (nSPS) is 19.6. The molecule has 12 heavy (non-hydrogen) atoms. The maximum atomic E-state index is 10.7. The molecule has 0 bridgehead atoms. The van der Waals surface area contributed by atoms with Gasteiger partial charge in [0.05, 0.1) is 5.41 Å². The van der Waals surface area contributed by atoms with Crippen molar-refractivity contribution < 1.29 is 9.90 Å². The molecule has 0 radical (unpaired) electrons. The summed E-state index contributed by atoms with van der Waals surface area (Å²) in [5.74, 6) is -0.596. The third-order valence-electron chi connectivity index (χ3n) is 2.57. The zero-order valence-electron chi connectivity index (χ0n) is 7.84. The third-order valence-corrected chi connectivity index (χ3v) is 2.57. The zero-order chi connectivity index (χ0) is 9.19. The van der Waals surface area contributed by atoms with Crippen LogP contribution in [0.1, 0.15) is 25.7 Å². The van der Waals surface area contributed by atoms with Gasteiger partial charge in [0.25, 0.3) is 0 Å². The predicted octanol–water partition coefficient (Wildman–Crippen LogP) is 1.19. The average molecular weight is 171 g/mol. The molecule has 0 saturated heterocycles. The van der Waals surface area contributed by atoms with Crippen LogP contribution in [0.2, 0.25) is 0 Å². The van der Waals surface area contributed by atoms with Gasteiger partial charge in [0.1, 0.15) is 0 Å². The number of rotatable bonds is 5. The molecule has 1 aliphatic carbocycles. The summed E-state index contributed by atoms with van der Waals surface area (Å²) in [7, 11) is 4.03. The minimum Gasteiger partial charge on any atom is -0.481 e. The van der Waals surface area contributed by atoms with Crippen LogP contribution >= 0.6 is 0 Å². The summed E-state index contributed by atoms with van der Waals surface area (Å²) >= 11 is 0. The van der Waals surface area contributed by atoms with Crippen LogP contribution in [-0.2, 0) is 4.79 Å². The summed E-state index contributed by atoms with van der Waals surface area (Å²) in [6, 6.07) is 0. The highest BCUT2D eigenvalue weighted by molar-refractivity contribution is 5.77. The van der Waals surface area contributed by atoms with Gasteiger partial charge in [0.15, 0.2) is 0 Å². The van der Waals surface area contributed by atoms with E-state index < -0.39 is 5.97 Å². The quantitative estimate of drug-likeness (QED) is 0.675. The van der Waals surface area contributed by atoms with Crippen LogP contribution in [-0.4, -0.2) is 36.6 Å². The summed E-state index contributed by atoms with van der Waals surface area (Å²) < 4.78 is 0. The van der Waals surface area contributed by atoms with Crippen LogP contribution in [0.3, 0.4) is 0 Å². The van der Waals surface area contributed by atoms with Crippen LogP contribution < -0.4 is 0 Å². The Bertz CT molecular complexity index is 173. The molecule has 1 saturated carbocycles. The van der Waals surface area contributed by atoms with Crippen molar-refractivity contribution in [3.63, 3.8) is 0 Å². The van der Waals surface area contributed by atoms with Crippen molar-refractivity contribution in [2.75, 3.05) is 20.6 Å². The summed E-state index contributed by atoms with van der Waals surface area (Å²) in [5.41, 5.74) is -0.323. The van der Waals surface area contributed by atoms with Crippen LogP contribution in [0.25, 0.3) is 0 Å². The lowest BCUT2D eigenvalue weighted by Gasteiger charge is -2.12. The van der Waals surface area contributed by atoms with Gasteiger partial charge in [-0.3, -0.25) is 4.79 Å². The molecule has 0 aromatic carbocycles. The van der Waals surface area contributed by atoms with E-state index in [4.69, 9.17) is 5.11 Å². The van der Waals surface area contributed by atoms with E-state index in [1.54, 1.807) is 0 Å². The highest BCUT2D eigenvalue weighted by atomic mass is 16.4. The van der Waals surface area contributed by atoms with E-state index in [1.165, 1.54) is 0 Å². The Kier molecular flexibility index (Phi) is 2.73. The smallest absolute Gasteiger partial charge is 0.309 e. The molecule has 0 aromatic rings. The first kappa shape index (κ1) is 9.52. The minimum atomic E-state index is -0.596. The van der Waals surface area contributed by atoms with Crippen LogP contribution in [0.5, 0.6) is 0 Å². The standard InChI is InChI=1S/C9H17NO2/c1-10(2)7-3-4-9(5-6-9)8(11)12/h3-7H2,1-2H3,(H,11,12). The van der Waals surface area contributed by atoms with Gasteiger partial charge < -0.3 is 10.0 Å². The molecule has 1 aliphatic rings. The van der Waals surface area contributed by atoms with Crippen molar-refractivity contribution >= 4 is 5.97 Å². The zero-order valence-corrected chi connectivity index (χ0v) is 7.84. The Hall–Kier alpha value is -0.570. The maximum Gasteiger partial charge on any atom is 0.309 e. The van der Waals surface area contributed by atoms with Crippen LogP contribution in [0.15, 0.2) is 0 Å². The SMILES string of the molecule is CN(C)CCCC1(C(=O)O)CC1. The molecule has 1 N–H and O–H groups in total. The molecule has 0 amide bonds. The molecule has 0 heterocycles. The highest BCUT2D eigenvalue weighted by Gasteiger charge is 2.49. The molecule has 3 nitrogen and oxygen atoms in total. The maximum absolute atomic E-state index is 10.7. The monoisotopic (exact) mass is 171 g/mol. The van der Waals surface area contributed by atoms with Gasteiger partial charge in [0.2, 0.25) is 0 Å². The number of nitrogens with zero attached hydrogens (tertiary/aromatic N) is 1. The van der Waals surface area contributed by atoms with Crippen molar-refractivity contribution in [2.24, 2.45) is 5.41 Å². The molecular formula is C9H17NO2. The Morgan fingerprint density at radius 1 is 1.50 bits per heavy atom. The van der Waals surface area contributed by atoms with E-state index in [1.807, 2.05) is 14.1 Å². The predicted molar refractivity (Wildman–Crippen MR) is 47.1 cm³/mol. The van der Waals surface area contributed by atoms with E-state index in [9.17, 15) is 4.79 Å². The Labute approximate surface area is 73.4 Å². The van der Waals surface area contributed by atoms with E-state index in [0.717, 1.165) is 32.2 Å². The molecule has 0 spiro atoms. The number of carboxylic acids is 1. The molecule has 70 valence electrons. The molecule has 1 fully saturated rings. The molecule has 0 atom stereocenters. The Morgan fingerprint density at radius 2 is 2.08 bits per heavy atom. The van der Waals surface area contributed by atoms with Gasteiger partial charge in [-0.2, -0.15) is 0 Å². The number of aliphatic carboxylic acids is 1. The van der Waals surface area contributed by atoms with Gasteiger partial charge >= 0.3 is 5.97 Å². The third kappa shape index (κ3) is 2.21. The molecule has 0 unspecified atom stereocenters. The Morgan fingerprint density at radius 3 is 2.42 bits per heavy atom. The lowest BCUT2D eigenvalue weighted by Crippen LogP contribution is -2.18. The summed E-state index contributed by atoms with van der Waals surface area (Å²) in [6.07, 6.45) is 3.62. The summed E-state index contributed by atoms with van der Waals surface area (Å²) in [5, 5.41) is 8.86. The fourth-order valence-corrected chi connectivity index (χ4v) is 1.46. The van der Waals surface area contributed by atoms with Gasteiger partial charge in [-0.25, -0.2) is 0 Å². The number of carboxylic acid groups (broad SMARTS) is 1. The van der Waals surface area contributed by atoms with Crippen molar-refractivity contribution in [2.45, 2.75) is 25.7 Å². The lowest BCUT2D eigenvalue weighted by atomic mass is 10.0. The van der Waals surface area contributed by atoms with Gasteiger partial charge in [-0.1, -0.05) is 0 Å². The first-order valence-corrected chi connectivity index (χ1v) is 4.45. The van der Waals surface area contributed by atoms with Crippen molar-refractivity contribution in [3.05, 3.63) is 0 Å². The van der Waals surface area contributed by atoms with Crippen LogP contribution in [0, 0.1) is 5.41 Å².